The van der Waals surface area contributed by atoms with E-state index in [9.17, 15) is 0 Å². The van der Waals surface area contributed by atoms with Gasteiger partial charge in [-0.1, -0.05) is 60.7 Å². The Morgan fingerprint density at radius 1 is 0.625 bits per heavy atom. The lowest BCUT2D eigenvalue weighted by Gasteiger charge is -1.98. The van der Waals surface area contributed by atoms with Crippen molar-refractivity contribution in [3.05, 3.63) is 76.6 Å². The molecule has 0 fully saturated rings. The quantitative estimate of drug-likeness (QED) is 0.295. The SMILES string of the molecule is [B].[N-]=[N+]=[N-].c1ccc(-c2ccccc2)cc1. The van der Waals surface area contributed by atoms with Crippen LogP contribution >= 0.6 is 0 Å². The third-order valence-corrected chi connectivity index (χ3v) is 1.88. The van der Waals surface area contributed by atoms with Gasteiger partial charge in [-0.25, -0.2) is 0 Å². The zero-order chi connectivity index (χ0) is 10.9. The zero-order valence-corrected chi connectivity index (χ0v) is 8.69. The fourth-order valence-corrected chi connectivity index (χ4v) is 1.26. The molecule has 2 rings (SSSR count). The minimum Gasteiger partial charge on any atom is -0.373 e. The number of hydrogen-bond donors (Lipinski definition) is 0. The van der Waals surface area contributed by atoms with Crippen molar-refractivity contribution < 1.29 is 0 Å². The zero-order valence-electron chi connectivity index (χ0n) is 8.69. The number of benzene rings is 2. The highest BCUT2D eigenvalue weighted by Gasteiger charge is 1.91. The third kappa shape index (κ3) is 4.35. The van der Waals surface area contributed by atoms with Crippen molar-refractivity contribution in [3.8, 4) is 11.1 Å². The topological polar surface area (TPSA) is 58.7 Å². The van der Waals surface area contributed by atoms with E-state index < -0.39 is 0 Å². The first-order valence-electron chi connectivity index (χ1n) is 4.47. The summed E-state index contributed by atoms with van der Waals surface area (Å²) in [6.07, 6.45) is 0. The van der Waals surface area contributed by atoms with E-state index in [4.69, 9.17) is 11.1 Å². The van der Waals surface area contributed by atoms with Gasteiger partial charge in [0.2, 0.25) is 0 Å². The second-order valence-corrected chi connectivity index (χ2v) is 2.82. The predicted molar refractivity (Wildman–Crippen MR) is 67.7 cm³/mol. The fourth-order valence-electron chi connectivity index (χ4n) is 1.26. The summed E-state index contributed by atoms with van der Waals surface area (Å²) in [7, 11) is 0. The molecule has 0 unspecified atom stereocenters. The fraction of sp³-hybridized carbons (Fsp3) is 0. The van der Waals surface area contributed by atoms with Gasteiger partial charge >= 0.3 is 0 Å². The second-order valence-electron chi connectivity index (χ2n) is 2.82. The average Bonchev–Trinajstić information content (AvgIpc) is 2.32. The Morgan fingerprint density at radius 3 is 1.12 bits per heavy atom. The maximum Gasteiger partial charge on any atom is 0 e. The molecule has 16 heavy (non-hydrogen) atoms. The molecule has 0 amide bonds. The van der Waals surface area contributed by atoms with Crippen molar-refractivity contribution >= 4 is 8.41 Å². The van der Waals surface area contributed by atoms with Gasteiger partial charge in [-0.15, -0.1) is 0 Å². The van der Waals surface area contributed by atoms with Gasteiger partial charge in [-0.05, 0) is 11.1 Å². The molecule has 0 heterocycles. The van der Waals surface area contributed by atoms with Crippen LogP contribution in [-0.2, 0) is 0 Å². The molecule has 0 spiro atoms. The molecule has 2 aromatic rings. The van der Waals surface area contributed by atoms with Crippen LogP contribution < -0.4 is 0 Å². The highest BCUT2D eigenvalue weighted by Crippen LogP contribution is 2.17. The van der Waals surface area contributed by atoms with Crippen LogP contribution in [0.15, 0.2) is 60.7 Å². The smallest absolute Gasteiger partial charge is 0 e. The Labute approximate surface area is 96.7 Å². The van der Waals surface area contributed by atoms with Crippen molar-refractivity contribution in [1.29, 1.82) is 0 Å². The van der Waals surface area contributed by atoms with E-state index in [2.05, 4.69) is 48.5 Å². The Bertz CT molecular complexity index is 385. The number of rotatable bonds is 1. The third-order valence-electron chi connectivity index (χ3n) is 1.88. The summed E-state index contributed by atoms with van der Waals surface area (Å²) in [4.78, 5) is 1.50. The van der Waals surface area contributed by atoms with E-state index in [1.165, 1.54) is 16.0 Å². The molecule has 2 aromatic carbocycles. The molecule has 3 radical (unpaired) electrons. The van der Waals surface area contributed by atoms with Gasteiger partial charge in [-0.3, -0.25) is 4.91 Å². The summed E-state index contributed by atoms with van der Waals surface area (Å²) in [5, 5.41) is 0. The molecule has 4 heteroatoms. The first-order chi connectivity index (χ1) is 7.38. The van der Waals surface area contributed by atoms with Crippen LogP contribution in [0.1, 0.15) is 0 Å². The first-order valence-corrected chi connectivity index (χ1v) is 4.47. The lowest BCUT2D eigenvalue weighted by Crippen LogP contribution is -1.73. The van der Waals surface area contributed by atoms with E-state index in [1.54, 1.807) is 0 Å². The molecular weight excluding hydrogens is 197 g/mol. The summed E-state index contributed by atoms with van der Waals surface area (Å²) >= 11 is 0. The highest BCUT2D eigenvalue weighted by molar-refractivity contribution is 5.75. The summed E-state index contributed by atoms with van der Waals surface area (Å²) in [6, 6.07) is 20.8. The van der Waals surface area contributed by atoms with Crippen LogP contribution in [0, 0.1) is 0 Å². The molecule has 3 nitrogen and oxygen atoms in total. The highest BCUT2D eigenvalue weighted by atomic mass is 15.0. The molecule has 0 saturated carbocycles. The molecule has 0 aliphatic rings. The van der Waals surface area contributed by atoms with Crippen LogP contribution in [0.5, 0.6) is 0 Å². The van der Waals surface area contributed by atoms with E-state index in [0.29, 0.717) is 0 Å². The summed E-state index contributed by atoms with van der Waals surface area (Å²) < 4.78 is 0. The van der Waals surface area contributed by atoms with E-state index in [-0.39, 0.29) is 8.41 Å². The summed E-state index contributed by atoms with van der Waals surface area (Å²) in [6.45, 7) is 0. The molecule has 0 aliphatic heterocycles. The van der Waals surface area contributed by atoms with Crippen LogP contribution in [0.25, 0.3) is 27.1 Å². The summed E-state index contributed by atoms with van der Waals surface area (Å²) in [5.41, 5.74) is 16.1. The Morgan fingerprint density at radius 2 is 0.875 bits per heavy atom. The predicted octanol–water partition coefficient (Wildman–Crippen LogP) is 3.84. The van der Waals surface area contributed by atoms with Crippen LogP contribution in [-0.4, -0.2) is 8.41 Å². The van der Waals surface area contributed by atoms with Gasteiger partial charge in [0.1, 0.15) is 0 Å². The molecular formula is C12H10BN3-. The maximum absolute atomic E-state index is 6.75. The van der Waals surface area contributed by atoms with Crippen molar-refractivity contribution in [3.63, 3.8) is 0 Å². The van der Waals surface area contributed by atoms with E-state index in [1.807, 2.05) is 12.1 Å². The van der Waals surface area contributed by atoms with Crippen LogP contribution in [0.4, 0.5) is 0 Å². The minimum absolute atomic E-state index is 0. The lowest BCUT2D eigenvalue weighted by atomic mass is 10.1. The number of hydrogen-bond acceptors (Lipinski definition) is 0. The molecule has 0 saturated heterocycles. The van der Waals surface area contributed by atoms with Crippen molar-refractivity contribution in [2.45, 2.75) is 0 Å². The summed E-state index contributed by atoms with van der Waals surface area (Å²) in [5.74, 6) is 0. The van der Waals surface area contributed by atoms with Crippen molar-refractivity contribution in [2.75, 3.05) is 0 Å². The molecule has 0 atom stereocenters. The van der Waals surface area contributed by atoms with Crippen LogP contribution in [0.3, 0.4) is 0 Å². The van der Waals surface area contributed by atoms with Crippen molar-refractivity contribution in [1.82, 2.24) is 0 Å². The Hall–Kier alpha value is -2.19. The van der Waals surface area contributed by atoms with Crippen molar-refractivity contribution in [2.24, 2.45) is 0 Å². The minimum atomic E-state index is 0. The van der Waals surface area contributed by atoms with E-state index in [0.717, 1.165) is 0 Å². The standard InChI is InChI=1S/C12H10.B.N3/c1-3-7-11(8-4-1)12-9-5-2-6-10-12;;1-3-2/h1-10H;;/q;;-1. The van der Waals surface area contributed by atoms with Gasteiger partial charge in [0.15, 0.2) is 0 Å². The molecule has 0 bridgehead atoms. The normalized spacial score (nSPS) is 7.75. The Balaban J connectivity index is 0.000000511. The molecule has 0 aliphatic carbocycles. The van der Waals surface area contributed by atoms with Gasteiger partial charge in [-0.2, -0.15) is 0 Å². The average molecular weight is 207 g/mol. The maximum atomic E-state index is 6.75. The monoisotopic (exact) mass is 207 g/mol. The van der Waals surface area contributed by atoms with Gasteiger partial charge in [0.25, 0.3) is 0 Å². The van der Waals surface area contributed by atoms with Crippen LogP contribution in [0.2, 0.25) is 0 Å². The largest absolute Gasteiger partial charge is 0.373 e. The molecule has 0 aromatic heterocycles. The first kappa shape index (κ1) is 13.8. The molecule has 77 valence electrons. The van der Waals surface area contributed by atoms with E-state index >= 15 is 0 Å². The van der Waals surface area contributed by atoms with Gasteiger partial charge in [0.05, 0.1) is 0 Å². The second kappa shape index (κ2) is 8.15. The lowest BCUT2D eigenvalue weighted by molar-refractivity contribution is 1.62. The Kier molecular flexibility index (Phi) is 7.04. The van der Waals surface area contributed by atoms with Gasteiger partial charge in [0, 0.05) is 8.41 Å². The molecule has 0 N–H and O–H groups in total. The van der Waals surface area contributed by atoms with Gasteiger partial charge < -0.3 is 11.1 Å². The number of nitrogens with zero attached hydrogens (tertiary/aromatic N) is 3.